The first-order valence-corrected chi connectivity index (χ1v) is 7.73. The number of ether oxygens (including phenoxy) is 1. The Morgan fingerprint density at radius 1 is 1.40 bits per heavy atom. The molecule has 0 amide bonds. The first kappa shape index (κ1) is 15.1. The van der Waals surface area contributed by atoms with Crippen LogP contribution in [0.1, 0.15) is 61.3 Å². The van der Waals surface area contributed by atoms with Crippen molar-refractivity contribution < 1.29 is 9.53 Å². The zero-order valence-electron chi connectivity index (χ0n) is 13.2. The van der Waals surface area contributed by atoms with E-state index in [1.54, 1.807) is 0 Å². The summed E-state index contributed by atoms with van der Waals surface area (Å²) in [6.07, 6.45) is 5.45. The molecule has 1 aliphatic rings. The van der Waals surface area contributed by atoms with Crippen LogP contribution < -0.4 is 0 Å². The maximum Gasteiger partial charge on any atom is 0.313 e. The standard InChI is InChI=1S/C18H26O2/c1-12(2)8-10-14-13(3)9-11-16-15(14)6-5-7-17(16)18(19)20-4/h9,11-12,17H,5-8,10H2,1-4H3. The van der Waals surface area contributed by atoms with Crippen LogP contribution in [0.15, 0.2) is 12.1 Å². The third-order valence-corrected chi connectivity index (χ3v) is 4.45. The lowest BCUT2D eigenvalue weighted by Gasteiger charge is -2.27. The van der Waals surface area contributed by atoms with Crippen LogP contribution in [0.25, 0.3) is 0 Å². The van der Waals surface area contributed by atoms with Gasteiger partial charge in [0.1, 0.15) is 0 Å². The van der Waals surface area contributed by atoms with E-state index in [0.717, 1.165) is 25.7 Å². The molecule has 0 radical (unpaired) electrons. The van der Waals surface area contributed by atoms with Crippen LogP contribution >= 0.6 is 0 Å². The number of carbonyl (C=O) groups is 1. The molecule has 2 rings (SSSR count). The van der Waals surface area contributed by atoms with Crippen molar-refractivity contribution in [2.24, 2.45) is 5.92 Å². The van der Waals surface area contributed by atoms with Crippen LogP contribution in [0.3, 0.4) is 0 Å². The van der Waals surface area contributed by atoms with E-state index in [1.165, 1.54) is 35.8 Å². The molecule has 2 heteroatoms. The Labute approximate surface area is 122 Å². The number of benzene rings is 1. The second-order valence-electron chi connectivity index (χ2n) is 6.33. The maximum atomic E-state index is 12.0. The Bertz CT molecular complexity index is 488. The molecule has 2 nitrogen and oxygen atoms in total. The van der Waals surface area contributed by atoms with Crippen molar-refractivity contribution in [3.05, 3.63) is 34.4 Å². The van der Waals surface area contributed by atoms with Gasteiger partial charge in [0, 0.05) is 0 Å². The van der Waals surface area contributed by atoms with Crippen molar-refractivity contribution in [1.29, 1.82) is 0 Å². The molecule has 1 aliphatic carbocycles. The van der Waals surface area contributed by atoms with Gasteiger partial charge in [0.2, 0.25) is 0 Å². The summed E-state index contributed by atoms with van der Waals surface area (Å²) in [5, 5.41) is 0. The summed E-state index contributed by atoms with van der Waals surface area (Å²) in [6, 6.07) is 4.32. The minimum atomic E-state index is -0.0791. The topological polar surface area (TPSA) is 26.3 Å². The van der Waals surface area contributed by atoms with E-state index in [0.29, 0.717) is 5.92 Å². The van der Waals surface area contributed by atoms with Crippen LogP contribution in [-0.2, 0) is 22.4 Å². The Kier molecular flexibility index (Phi) is 4.85. The lowest BCUT2D eigenvalue weighted by molar-refractivity contribution is -0.142. The van der Waals surface area contributed by atoms with Gasteiger partial charge in [-0.1, -0.05) is 26.0 Å². The first-order valence-electron chi connectivity index (χ1n) is 7.73. The molecule has 0 bridgehead atoms. The molecule has 0 saturated heterocycles. The average molecular weight is 274 g/mol. The number of esters is 1. The lowest BCUT2D eigenvalue weighted by atomic mass is 9.78. The zero-order chi connectivity index (χ0) is 14.7. The number of hydrogen-bond donors (Lipinski definition) is 0. The van der Waals surface area contributed by atoms with Crippen LogP contribution in [0.4, 0.5) is 0 Å². The van der Waals surface area contributed by atoms with E-state index in [-0.39, 0.29) is 11.9 Å². The van der Waals surface area contributed by atoms with E-state index in [1.807, 2.05) is 0 Å². The number of rotatable bonds is 4. The molecule has 0 aromatic heterocycles. The Morgan fingerprint density at radius 3 is 2.80 bits per heavy atom. The molecule has 0 fully saturated rings. The quantitative estimate of drug-likeness (QED) is 0.770. The summed E-state index contributed by atoms with van der Waals surface area (Å²) in [7, 11) is 1.49. The van der Waals surface area contributed by atoms with Gasteiger partial charge in [0.25, 0.3) is 0 Å². The summed E-state index contributed by atoms with van der Waals surface area (Å²) in [6.45, 7) is 6.72. The van der Waals surface area contributed by atoms with Crippen molar-refractivity contribution in [1.82, 2.24) is 0 Å². The minimum Gasteiger partial charge on any atom is -0.469 e. The minimum absolute atomic E-state index is 0.0536. The fraction of sp³-hybridized carbons (Fsp3) is 0.611. The molecule has 110 valence electrons. The maximum absolute atomic E-state index is 12.0. The number of aryl methyl sites for hydroxylation is 1. The molecule has 20 heavy (non-hydrogen) atoms. The summed E-state index contributed by atoms with van der Waals surface area (Å²) >= 11 is 0. The number of hydrogen-bond acceptors (Lipinski definition) is 2. The normalized spacial score (nSPS) is 17.9. The summed E-state index contributed by atoms with van der Waals surface area (Å²) in [4.78, 5) is 12.0. The Hall–Kier alpha value is -1.31. The molecule has 0 saturated carbocycles. The molecule has 0 aliphatic heterocycles. The first-order chi connectivity index (χ1) is 9.54. The van der Waals surface area contributed by atoms with E-state index in [9.17, 15) is 4.79 Å². The van der Waals surface area contributed by atoms with Crippen molar-refractivity contribution in [2.75, 3.05) is 7.11 Å². The number of methoxy groups -OCH3 is 1. The van der Waals surface area contributed by atoms with Gasteiger partial charge in [0.15, 0.2) is 0 Å². The fourth-order valence-corrected chi connectivity index (χ4v) is 3.26. The molecule has 1 aromatic rings. The second-order valence-corrected chi connectivity index (χ2v) is 6.33. The van der Waals surface area contributed by atoms with Gasteiger partial charge in [-0.2, -0.15) is 0 Å². The molecule has 1 aromatic carbocycles. The van der Waals surface area contributed by atoms with Gasteiger partial charge in [-0.3, -0.25) is 4.79 Å². The smallest absolute Gasteiger partial charge is 0.313 e. The second kappa shape index (κ2) is 6.43. The van der Waals surface area contributed by atoms with Crippen molar-refractivity contribution in [3.8, 4) is 0 Å². The highest BCUT2D eigenvalue weighted by Gasteiger charge is 2.28. The van der Waals surface area contributed by atoms with Gasteiger partial charge in [0.05, 0.1) is 13.0 Å². The van der Waals surface area contributed by atoms with Crippen LogP contribution in [-0.4, -0.2) is 13.1 Å². The molecule has 0 N–H and O–H groups in total. The highest BCUT2D eigenvalue weighted by atomic mass is 16.5. The highest BCUT2D eigenvalue weighted by molar-refractivity contribution is 5.79. The average Bonchev–Trinajstić information content (AvgIpc) is 2.44. The molecule has 1 atom stereocenters. The van der Waals surface area contributed by atoms with Crippen molar-refractivity contribution in [2.45, 2.75) is 58.8 Å². The lowest BCUT2D eigenvalue weighted by Crippen LogP contribution is -2.21. The van der Waals surface area contributed by atoms with Crippen LogP contribution in [0.5, 0.6) is 0 Å². The third kappa shape index (κ3) is 3.05. The monoisotopic (exact) mass is 274 g/mol. The van der Waals surface area contributed by atoms with Gasteiger partial charge >= 0.3 is 5.97 Å². The van der Waals surface area contributed by atoms with Crippen molar-refractivity contribution >= 4 is 5.97 Å². The molecular weight excluding hydrogens is 248 g/mol. The van der Waals surface area contributed by atoms with E-state index >= 15 is 0 Å². The van der Waals surface area contributed by atoms with Gasteiger partial charge in [-0.25, -0.2) is 0 Å². The Balaban J connectivity index is 2.37. The van der Waals surface area contributed by atoms with Gasteiger partial charge in [-0.05, 0) is 67.2 Å². The fourth-order valence-electron chi connectivity index (χ4n) is 3.26. The molecule has 0 spiro atoms. The predicted molar refractivity (Wildman–Crippen MR) is 82.0 cm³/mol. The summed E-state index contributed by atoms with van der Waals surface area (Å²) in [5.74, 6) is 0.581. The molecule has 0 heterocycles. The summed E-state index contributed by atoms with van der Waals surface area (Å²) in [5.41, 5.74) is 5.49. The van der Waals surface area contributed by atoms with E-state index in [4.69, 9.17) is 4.74 Å². The Morgan fingerprint density at radius 2 is 2.15 bits per heavy atom. The third-order valence-electron chi connectivity index (χ3n) is 4.45. The van der Waals surface area contributed by atoms with E-state index in [2.05, 4.69) is 32.9 Å². The van der Waals surface area contributed by atoms with E-state index < -0.39 is 0 Å². The SMILES string of the molecule is COC(=O)C1CCCc2c1ccc(C)c2CCC(C)C. The largest absolute Gasteiger partial charge is 0.469 e. The predicted octanol–water partition coefficient (Wildman–Crippen LogP) is 4.18. The zero-order valence-corrected chi connectivity index (χ0v) is 13.2. The summed E-state index contributed by atoms with van der Waals surface area (Å²) < 4.78 is 4.98. The number of fused-ring (bicyclic) bond motifs is 1. The highest BCUT2D eigenvalue weighted by Crippen LogP contribution is 2.36. The van der Waals surface area contributed by atoms with Gasteiger partial charge in [-0.15, -0.1) is 0 Å². The van der Waals surface area contributed by atoms with Crippen molar-refractivity contribution in [3.63, 3.8) is 0 Å². The molecular formula is C18H26O2. The van der Waals surface area contributed by atoms with Gasteiger partial charge < -0.3 is 4.74 Å². The van der Waals surface area contributed by atoms with Crippen LogP contribution in [0, 0.1) is 12.8 Å². The number of carbonyl (C=O) groups excluding carboxylic acids is 1. The molecule has 1 unspecified atom stereocenters. The van der Waals surface area contributed by atoms with Crippen LogP contribution in [0.2, 0.25) is 0 Å².